The summed E-state index contributed by atoms with van der Waals surface area (Å²) in [6.07, 6.45) is 0. The minimum absolute atomic E-state index is 0.0866. The molecule has 7 rings (SSSR count). The molecule has 1 heterocycles. The Kier molecular flexibility index (Phi) is 3.47. The third-order valence-corrected chi connectivity index (χ3v) is 7.70. The summed E-state index contributed by atoms with van der Waals surface area (Å²) in [6, 6.07) is 31.0. The summed E-state index contributed by atoms with van der Waals surface area (Å²) in [5, 5.41) is 7.16. The molecule has 0 spiro atoms. The lowest BCUT2D eigenvalue weighted by Crippen LogP contribution is -2.44. The van der Waals surface area contributed by atoms with Crippen molar-refractivity contribution in [1.82, 2.24) is 0 Å². The van der Waals surface area contributed by atoms with E-state index in [0.29, 0.717) is 11.1 Å². The van der Waals surface area contributed by atoms with Gasteiger partial charge in [-0.25, -0.2) is 0 Å². The van der Waals surface area contributed by atoms with Crippen molar-refractivity contribution in [2.75, 3.05) is 10.2 Å². The molecule has 1 atom stereocenters. The highest BCUT2D eigenvalue weighted by molar-refractivity contribution is 7.86. The second-order valence-electron chi connectivity index (χ2n) is 8.51. The molecule has 2 N–H and O–H groups in total. The summed E-state index contributed by atoms with van der Waals surface area (Å²) in [5.74, 6) is 0. The number of para-hydroxylation sites is 1. The van der Waals surface area contributed by atoms with Crippen LogP contribution >= 0.6 is 0 Å². The molecule has 0 saturated heterocycles. The van der Waals surface area contributed by atoms with Gasteiger partial charge in [0.2, 0.25) is 0 Å². The first-order valence-electron chi connectivity index (χ1n) is 10.7. The zero-order chi connectivity index (χ0) is 22.4. The number of fused-ring (bicyclic) bond motifs is 4. The molecule has 160 valence electrons. The Morgan fingerprint density at radius 2 is 1.42 bits per heavy atom. The number of hydrogen-bond donors (Lipinski definition) is 2. The first-order chi connectivity index (χ1) is 16.0. The van der Waals surface area contributed by atoms with Gasteiger partial charge in [0.25, 0.3) is 10.1 Å². The first-order valence-corrected chi connectivity index (χ1v) is 12.1. The van der Waals surface area contributed by atoms with Gasteiger partial charge in [0.15, 0.2) is 5.66 Å². The van der Waals surface area contributed by atoms with E-state index in [0.717, 1.165) is 33.1 Å². The minimum atomic E-state index is -4.52. The van der Waals surface area contributed by atoms with Crippen LogP contribution in [0.25, 0.3) is 21.5 Å². The van der Waals surface area contributed by atoms with E-state index in [1.54, 1.807) is 18.2 Å². The van der Waals surface area contributed by atoms with E-state index in [9.17, 15) is 13.0 Å². The molecular formula is C27H18N2O3S. The van der Waals surface area contributed by atoms with Crippen LogP contribution in [0.1, 0.15) is 11.1 Å². The van der Waals surface area contributed by atoms with Crippen molar-refractivity contribution >= 4 is 48.7 Å². The van der Waals surface area contributed by atoms with E-state index < -0.39 is 15.8 Å². The Bertz CT molecular complexity index is 1730. The molecule has 1 aliphatic heterocycles. The highest BCUT2D eigenvalue weighted by Gasteiger charge is 2.66. The standard InChI is InChI=1S/C27H18N2O3S/c30-33(31,32)26-21-13-7-4-8-17(21)14-15-23(26)29(19-10-2-1-3-11-19)27-22-16-18-9-5-6-12-20(18)25(28-27)24(22)27/h1-16,28H,(H,30,31,32). The Morgan fingerprint density at radius 3 is 2.18 bits per heavy atom. The van der Waals surface area contributed by atoms with Crippen molar-refractivity contribution in [2.24, 2.45) is 0 Å². The number of hydrogen-bond acceptors (Lipinski definition) is 4. The van der Waals surface area contributed by atoms with Gasteiger partial charge in [0.1, 0.15) is 4.90 Å². The predicted molar refractivity (Wildman–Crippen MR) is 131 cm³/mol. The second-order valence-corrected chi connectivity index (χ2v) is 9.87. The zero-order valence-corrected chi connectivity index (χ0v) is 18.2. The Balaban J connectivity index is 1.54. The van der Waals surface area contributed by atoms with Crippen molar-refractivity contribution in [3.05, 3.63) is 108 Å². The number of benzene rings is 5. The van der Waals surface area contributed by atoms with E-state index in [4.69, 9.17) is 0 Å². The Hall–Kier alpha value is -3.87. The van der Waals surface area contributed by atoms with Crippen LogP contribution < -0.4 is 10.2 Å². The summed E-state index contributed by atoms with van der Waals surface area (Å²) in [6.45, 7) is 0. The van der Waals surface area contributed by atoms with Crippen molar-refractivity contribution in [1.29, 1.82) is 0 Å². The zero-order valence-electron chi connectivity index (χ0n) is 17.4. The van der Waals surface area contributed by atoms with Crippen molar-refractivity contribution in [2.45, 2.75) is 10.6 Å². The highest BCUT2D eigenvalue weighted by Crippen LogP contribution is 2.68. The molecule has 0 radical (unpaired) electrons. The van der Waals surface area contributed by atoms with Crippen molar-refractivity contribution in [3.8, 4) is 0 Å². The summed E-state index contributed by atoms with van der Waals surface area (Å²) < 4.78 is 35.8. The lowest BCUT2D eigenvalue weighted by atomic mass is 10.0. The molecule has 5 aromatic carbocycles. The third-order valence-electron chi connectivity index (χ3n) is 6.75. The van der Waals surface area contributed by atoms with Gasteiger partial charge in [0.05, 0.1) is 11.4 Å². The molecule has 5 aromatic rings. The van der Waals surface area contributed by atoms with E-state index in [-0.39, 0.29) is 4.90 Å². The quantitative estimate of drug-likeness (QED) is 0.328. The molecule has 0 saturated carbocycles. The van der Waals surface area contributed by atoms with Crippen LogP contribution in [-0.4, -0.2) is 13.0 Å². The molecule has 1 aliphatic carbocycles. The van der Waals surface area contributed by atoms with Gasteiger partial charge < -0.3 is 10.2 Å². The molecule has 33 heavy (non-hydrogen) atoms. The van der Waals surface area contributed by atoms with E-state index in [1.165, 1.54) is 5.56 Å². The summed E-state index contributed by atoms with van der Waals surface area (Å²) in [4.78, 5) is 1.91. The average Bonchev–Trinajstić information content (AvgIpc) is 3.37. The fraction of sp³-hybridized carbons (Fsp3) is 0.0370. The molecule has 0 aromatic heterocycles. The fourth-order valence-electron chi connectivity index (χ4n) is 5.36. The predicted octanol–water partition coefficient (Wildman–Crippen LogP) is 6.02. The van der Waals surface area contributed by atoms with Crippen molar-refractivity contribution in [3.63, 3.8) is 0 Å². The summed E-state index contributed by atoms with van der Waals surface area (Å²) >= 11 is 0. The number of rotatable bonds is 4. The molecule has 0 bridgehead atoms. The van der Waals surface area contributed by atoms with Gasteiger partial charge in [-0.3, -0.25) is 4.55 Å². The maximum atomic E-state index is 12.7. The number of anilines is 3. The summed E-state index contributed by atoms with van der Waals surface area (Å²) in [7, 11) is -4.52. The van der Waals surface area contributed by atoms with Crippen LogP contribution in [0.15, 0.2) is 102 Å². The van der Waals surface area contributed by atoms with Gasteiger partial charge in [-0.2, -0.15) is 8.42 Å². The average molecular weight is 451 g/mol. The monoisotopic (exact) mass is 450 g/mol. The largest absolute Gasteiger partial charge is 0.354 e. The normalized spacial score (nSPS) is 17.8. The fourth-order valence-corrected chi connectivity index (χ4v) is 6.25. The maximum Gasteiger partial charge on any atom is 0.297 e. The van der Waals surface area contributed by atoms with Crippen LogP contribution in [-0.2, 0) is 15.8 Å². The molecular weight excluding hydrogens is 432 g/mol. The van der Waals surface area contributed by atoms with Crippen LogP contribution in [0.3, 0.4) is 0 Å². The van der Waals surface area contributed by atoms with Gasteiger partial charge in [-0.05, 0) is 35.0 Å². The van der Waals surface area contributed by atoms with Crippen LogP contribution in [0.4, 0.5) is 17.1 Å². The molecule has 2 aliphatic rings. The van der Waals surface area contributed by atoms with Gasteiger partial charge in [-0.1, -0.05) is 72.8 Å². The van der Waals surface area contributed by atoms with E-state index >= 15 is 0 Å². The molecule has 0 amide bonds. The van der Waals surface area contributed by atoms with Crippen molar-refractivity contribution < 1.29 is 13.0 Å². The molecule has 5 nitrogen and oxygen atoms in total. The van der Waals surface area contributed by atoms with Crippen LogP contribution in [0.2, 0.25) is 0 Å². The Labute approximate surface area is 190 Å². The molecule has 1 unspecified atom stereocenters. The van der Waals surface area contributed by atoms with Crippen LogP contribution in [0.5, 0.6) is 0 Å². The smallest absolute Gasteiger partial charge is 0.297 e. The van der Waals surface area contributed by atoms with E-state index in [1.807, 2.05) is 65.6 Å². The molecule has 6 heteroatoms. The molecule has 0 fully saturated rings. The topological polar surface area (TPSA) is 69.6 Å². The van der Waals surface area contributed by atoms with Gasteiger partial charge >= 0.3 is 0 Å². The lowest BCUT2D eigenvalue weighted by Gasteiger charge is -2.41. The first kappa shape index (κ1) is 18.7. The van der Waals surface area contributed by atoms with Gasteiger partial charge in [-0.15, -0.1) is 0 Å². The van der Waals surface area contributed by atoms with Crippen LogP contribution in [0, 0.1) is 0 Å². The number of nitrogens with one attached hydrogen (secondary N) is 1. The highest BCUT2D eigenvalue weighted by atomic mass is 32.2. The van der Waals surface area contributed by atoms with Gasteiger partial charge in [0, 0.05) is 27.6 Å². The SMILES string of the molecule is O=S(=O)(O)c1c(N(c2ccccc2)C23Nc4c2c3cc2ccccc42)ccc2ccccc12. The minimum Gasteiger partial charge on any atom is -0.354 e. The number of nitrogens with zero attached hydrogens (tertiary/aromatic N) is 1. The third kappa shape index (κ3) is 2.36. The Morgan fingerprint density at radius 1 is 0.758 bits per heavy atom. The van der Waals surface area contributed by atoms with E-state index in [2.05, 4.69) is 23.5 Å². The second kappa shape index (κ2) is 6.13. The summed E-state index contributed by atoms with van der Waals surface area (Å²) in [5.41, 5.74) is 3.99. The maximum absolute atomic E-state index is 12.7. The lowest BCUT2D eigenvalue weighted by molar-refractivity contribution is 0.484.